The van der Waals surface area contributed by atoms with Crippen molar-refractivity contribution in [3.8, 4) is 0 Å². The van der Waals surface area contributed by atoms with Crippen molar-refractivity contribution in [2.24, 2.45) is 0 Å². The molecule has 0 fully saturated rings. The van der Waals surface area contributed by atoms with Crippen LogP contribution in [0.15, 0.2) is 34.7 Å². The lowest BCUT2D eigenvalue weighted by Gasteiger charge is -2.07. The summed E-state index contributed by atoms with van der Waals surface area (Å²) in [5.74, 6) is 1.37. The Bertz CT molecular complexity index is 573. The van der Waals surface area contributed by atoms with Crippen LogP contribution in [0.4, 0.5) is 5.69 Å². The third kappa shape index (κ3) is 2.71. The lowest BCUT2D eigenvalue weighted by Crippen LogP contribution is -2.23. The molecule has 3 N–H and O–H groups in total. The van der Waals surface area contributed by atoms with Gasteiger partial charge in [0.05, 0.1) is 12.1 Å². The largest absolute Gasteiger partial charge is 0.465 e. The summed E-state index contributed by atoms with van der Waals surface area (Å²) in [5, 5.41) is 2.78. The fraction of sp³-hybridized carbons (Fsp3) is 0.214. The summed E-state index contributed by atoms with van der Waals surface area (Å²) in [4.78, 5) is 12.0. The third-order valence-electron chi connectivity index (χ3n) is 2.67. The number of hydrogen-bond acceptors (Lipinski definition) is 3. The van der Waals surface area contributed by atoms with Gasteiger partial charge in [0.1, 0.15) is 11.5 Å². The quantitative estimate of drug-likeness (QED) is 0.815. The van der Waals surface area contributed by atoms with E-state index in [1.165, 1.54) is 0 Å². The summed E-state index contributed by atoms with van der Waals surface area (Å²) < 4.78 is 5.38. The van der Waals surface area contributed by atoms with Crippen molar-refractivity contribution in [2.45, 2.75) is 20.4 Å². The molecule has 4 heteroatoms. The molecule has 1 amide bonds. The minimum Gasteiger partial charge on any atom is -0.465 e. The zero-order chi connectivity index (χ0) is 13.1. The number of amides is 1. The lowest BCUT2D eigenvalue weighted by molar-refractivity contribution is 0.0948. The Morgan fingerprint density at radius 2 is 2.06 bits per heavy atom. The van der Waals surface area contributed by atoms with Gasteiger partial charge < -0.3 is 15.5 Å². The minimum atomic E-state index is -0.190. The van der Waals surface area contributed by atoms with Crippen LogP contribution in [-0.4, -0.2) is 5.91 Å². The molecule has 0 unspecified atom stereocenters. The molecule has 0 aliphatic heterocycles. The summed E-state index contributed by atoms with van der Waals surface area (Å²) in [5.41, 5.74) is 7.76. The van der Waals surface area contributed by atoms with Gasteiger partial charge in [-0.15, -0.1) is 0 Å². The molecule has 0 radical (unpaired) electrons. The van der Waals surface area contributed by atoms with Crippen molar-refractivity contribution in [3.05, 3.63) is 53.0 Å². The van der Waals surface area contributed by atoms with E-state index in [1.807, 2.05) is 32.0 Å². The Morgan fingerprint density at radius 3 is 2.72 bits per heavy atom. The van der Waals surface area contributed by atoms with Gasteiger partial charge in [0.2, 0.25) is 0 Å². The number of rotatable bonds is 3. The lowest BCUT2D eigenvalue weighted by atomic mass is 10.1. The van der Waals surface area contributed by atoms with Crippen LogP contribution in [0.25, 0.3) is 0 Å². The van der Waals surface area contributed by atoms with E-state index in [0.29, 0.717) is 17.8 Å². The van der Waals surface area contributed by atoms with E-state index >= 15 is 0 Å². The van der Waals surface area contributed by atoms with E-state index in [2.05, 4.69) is 5.32 Å². The predicted octanol–water partition coefficient (Wildman–Crippen LogP) is 2.41. The number of nitrogens with two attached hydrogens (primary N) is 1. The molecule has 0 saturated heterocycles. The van der Waals surface area contributed by atoms with Gasteiger partial charge in [-0.3, -0.25) is 4.79 Å². The van der Waals surface area contributed by atoms with Crippen LogP contribution in [0.5, 0.6) is 0 Å². The molecule has 0 bridgehead atoms. The number of nitrogens with one attached hydrogen (secondary N) is 1. The van der Waals surface area contributed by atoms with E-state index < -0.39 is 0 Å². The smallest absolute Gasteiger partial charge is 0.253 e. The Labute approximate surface area is 106 Å². The second kappa shape index (κ2) is 4.96. The molecule has 18 heavy (non-hydrogen) atoms. The number of carbonyl (C=O) groups excluding carboxylic acids is 1. The molecule has 0 atom stereocenters. The first-order valence-electron chi connectivity index (χ1n) is 5.76. The van der Waals surface area contributed by atoms with Crippen LogP contribution < -0.4 is 11.1 Å². The first-order chi connectivity index (χ1) is 8.56. The van der Waals surface area contributed by atoms with Crippen molar-refractivity contribution >= 4 is 11.6 Å². The summed E-state index contributed by atoms with van der Waals surface area (Å²) in [6.45, 7) is 4.15. The number of hydrogen-bond donors (Lipinski definition) is 2. The molecule has 0 aliphatic rings. The van der Waals surface area contributed by atoms with E-state index in [-0.39, 0.29) is 5.91 Å². The highest BCUT2D eigenvalue weighted by Crippen LogP contribution is 2.14. The highest BCUT2D eigenvalue weighted by Gasteiger charge is 2.10. The molecule has 2 rings (SSSR count). The van der Waals surface area contributed by atoms with E-state index in [4.69, 9.17) is 10.2 Å². The second-order valence-corrected chi connectivity index (χ2v) is 4.29. The molecule has 2 aromatic rings. The van der Waals surface area contributed by atoms with Crippen LogP contribution in [0.2, 0.25) is 0 Å². The van der Waals surface area contributed by atoms with Gasteiger partial charge >= 0.3 is 0 Å². The fourth-order valence-corrected chi connectivity index (χ4v) is 1.71. The fourth-order valence-electron chi connectivity index (χ4n) is 1.71. The number of carbonyl (C=O) groups is 1. The van der Waals surface area contributed by atoms with Crippen LogP contribution in [0, 0.1) is 13.8 Å². The third-order valence-corrected chi connectivity index (χ3v) is 2.67. The maximum absolute atomic E-state index is 12.0. The van der Waals surface area contributed by atoms with Crippen LogP contribution in [0.1, 0.15) is 27.4 Å². The molecule has 4 nitrogen and oxygen atoms in total. The minimum absolute atomic E-state index is 0.190. The van der Waals surface area contributed by atoms with Crippen molar-refractivity contribution in [1.29, 1.82) is 0 Å². The summed E-state index contributed by atoms with van der Waals surface area (Å²) in [7, 11) is 0. The maximum Gasteiger partial charge on any atom is 0.253 e. The van der Waals surface area contributed by atoms with E-state index in [9.17, 15) is 4.79 Å². The number of nitrogen functional groups attached to an aromatic ring is 1. The van der Waals surface area contributed by atoms with Gasteiger partial charge in [0, 0.05) is 5.69 Å². The average molecular weight is 244 g/mol. The van der Waals surface area contributed by atoms with Gasteiger partial charge in [-0.1, -0.05) is 11.6 Å². The predicted molar refractivity (Wildman–Crippen MR) is 70.2 cm³/mol. The standard InChI is InChI=1S/C14H16N2O2/c1-9-3-6-13(15)12(7-9)14(17)16-8-11-5-4-10(2)18-11/h3-7H,8,15H2,1-2H3,(H,16,17). The van der Waals surface area contributed by atoms with Crippen molar-refractivity contribution in [3.63, 3.8) is 0 Å². The summed E-state index contributed by atoms with van der Waals surface area (Å²) in [6, 6.07) is 9.10. The van der Waals surface area contributed by atoms with Gasteiger partial charge in [-0.2, -0.15) is 0 Å². The Morgan fingerprint density at radius 1 is 1.28 bits per heavy atom. The zero-order valence-corrected chi connectivity index (χ0v) is 10.5. The van der Waals surface area contributed by atoms with Crippen molar-refractivity contribution < 1.29 is 9.21 Å². The van der Waals surface area contributed by atoms with Crippen LogP contribution in [-0.2, 0) is 6.54 Å². The topological polar surface area (TPSA) is 68.3 Å². The van der Waals surface area contributed by atoms with E-state index in [0.717, 1.165) is 17.1 Å². The molecule has 94 valence electrons. The molecule has 0 spiro atoms. The Kier molecular flexibility index (Phi) is 3.37. The molecule has 1 heterocycles. The molecule has 0 aliphatic carbocycles. The Hall–Kier alpha value is -2.23. The summed E-state index contributed by atoms with van der Waals surface area (Å²) in [6.07, 6.45) is 0. The second-order valence-electron chi connectivity index (χ2n) is 4.29. The SMILES string of the molecule is Cc1ccc(N)c(C(=O)NCc2ccc(C)o2)c1. The molecular formula is C14H16N2O2. The number of furan rings is 1. The monoisotopic (exact) mass is 244 g/mol. The highest BCUT2D eigenvalue weighted by atomic mass is 16.3. The normalized spacial score (nSPS) is 10.3. The maximum atomic E-state index is 12.0. The first-order valence-corrected chi connectivity index (χ1v) is 5.76. The Balaban J connectivity index is 2.05. The molecular weight excluding hydrogens is 228 g/mol. The number of aryl methyl sites for hydroxylation is 2. The average Bonchev–Trinajstić information content (AvgIpc) is 2.75. The van der Waals surface area contributed by atoms with Crippen LogP contribution >= 0.6 is 0 Å². The highest BCUT2D eigenvalue weighted by molar-refractivity contribution is 5.99. The number of anilines is 1. The van der Waals surface area contributed by atoms with Crippen molar-refractivity contribution in [1.82, 2.24) is 5.32 Å². The summed E-state index contributed by atoms with van der Waals surface area (Å²) >= 11 is 0. The number of benzene rings is 1. The molecule has 0 saturated carbocycles. The van der Waals surface area contributed by atoms with Gasteiger partial charge in [-0.25, -0.2) is 0 Å². The molecule has 1 aromatic carbocycles. The van der Waals surface area contributed by atoms with Crippen LogP contribution in [0.3, 0.4) is 0 Å². The van der Waals surface area contributed by atoms with Crippen molar-refractivity contribution in [2.75, 3.05) is 5.73 Å². The van der Waals surface area contributed by atoms with Gasteiger partial charge in [-0.05, 0) is 38.1 Å². The zero-order valence-electron chi connectivity index (χ0n) is 10.5. The first kappa shape index (κ1) is 12.2. The van der Waals surface area contributed by atoms with E-state index in [1.54, 1.807) is 12.1 Å². The molecule has 1 aromatic heterocycles. The van der Waals surface area contributed by atoms with Gasteiger partial charge in [0.25, 0.3) is 5.91 Å². The van der Waals surface area contributed by atoms with Gasteiger partial charge in [0.15, 0.2) is 0 Å².